The summed E-state index contributed by atoms with van der Waals surface area (Å²) in [4.78, 5) is 25.2. The van der Waals surface area contributed by atoms with Crippen molar-refractivity contribution in [2.24, 2.45) is 11.7 Å². The lowest BCUT2D eigenvalue weighted by Crippen LogP contribution is -2.45. The quantitative estimate of drug-likeness (QED) is 0.883. The number of ether oxygens (including phenoxy) is 1. The number of hydrogen-bond donors (Lipinski definition) is 2. The van der Waals surface area contributed by atoms with Crippen molar-refractivity contribution in [3.8, 4) is 5.75 Å². The zero-order chi connectivity index (χ0) is 16.3. The van der Waals surface area contributed by atoms with Gasteiger partial charge in [0.05, 0.1) is 28.8 Å². The molecule has 1 aliphatic rings. The third kappa shape index (κ3) is 3.75. The summed E-state index contributed by atoms with van der Waals surface area (Å²) >= 11 is 11.9. The normalized spacial score (nSPS) is 18.0. The van der Waals surface area contributed by atoms with Gasteiger partial charge in [0.1, 0.15) is 5.75 Å². The van der Waals surface area contributed by atoms with Crippen LogP contribution in [0.25, 0.3) is 0 Å². The van der Waals surface area contributed by atoms with E-state index in [-0.39, 0.29) is 17.9 Å². The maximum Gasteiger partial charge on any atom is 0.321 e. The Morgan fingerprint density at radius 3 is 2.68 bits per heavy atom. The molecule has 8 heteroatoms. The van der Waals surface area contributed by atoms with Crippen LogP contribution in [0.15, 0.2) is 12.1 Å². The molecule has 1 heterocycles. The van der Waals surface area contributed by atoms with E-state index in [2.05, 4.69) is 5.32 Å². The predicted octanol–water partition coefficient (Wildman–Crippen LogP) is 2.73. The number of methoxy groups -OCH3 is 1. The second-order valence-corrected chi connectivity index (χ2v) is 5.90. The third-order valence-corrected chi connectivity index (χ3v) is 4.32. The van der Waals surface area contributed by atoms with Crippen LogP contribution < -0.4 is 15.8 Å². The van der Waals surface area contributed by atoms with E-state index in [1.165, 1.54) is 19.2 Å². The van der Waals surface area contributed by atoms with Crippen LogP contribution in [0.5, 0.6) is 5.75 Å². The number of primary amides is 1. The number of rotatable bonds is 3. The number of amides is 3. The van der Waals surface area contributed by atoms with Crippen molar-refractivity contribution in [3.63, 3.8) is 0 Å². The minimum Gasteiger partial charge on any atom is -0.495 e. The van der Waals surface area contributed by atoms with Gasteiger partial charge in [-0.15, -0.1) is 0 Å². The van der Waals surface area contributed by atoms with Crippen molar-refractivity contribution < 1.29 is 14.3 Å². The first-order valence-corrected chi connectivity index (χ1v) is 7.56. The Morgan fingerprint density at radius 1 is 1.36 bits per heavy atom. The summed E-state index contributed by atoms with van der Waals surface area (Å²) in [5.74, 6) is -0.286. The lowest BCUT2D eigenvalue weighted by Gasteiger charge is -2.31. The number of likely N-dealkylation sites (tertiary alicyclic amines) is 1. The number of urea groups is 1. The summed E-state index contributed by atoms with van der Waals surface area (Å²) in [5, 5.41) is 3.37. The first-order chi connectivity index (χ1) is 10.4. The number of benzene rings is 1. The number of piperidine rings is 1. The average Bonchev–Trinajstić information content (AvgIpc) is 2.50. The Balaban J connectivity index is 2.11. The molecule has 120 valence electrons. The minimum atomic E-state index is -0.385. The fourth-order valence-corrected chi connectivity index (χ4v) is 2.70. The monoisotopic (exact) mass is 345 g/mol. The molecule has 0 aliphatic carbocycles. The molecular weight excluding hydrogens is 329 g/mol. The maximum absolute atomic E-state index is 12.3. The molecule has 1 aromatic rings. The van der Waals surface area contributed by atoms with E-state index < -0.39 is 0 Å². The van der Waals surface area contributed by atoms with Gasteiger partial charge >= 0.3 is 6.03 Å². The standard InChI is InChI=1S/C14H17Cl2N3O3/c1-22-12-6-10(16)9(15)5-11(12)18-14(21)19-4-2-3-8(7-19)13(17)20/h5-6,8H,2-4,7H2,1H3,(H2,17,20)(H,18,21). The van der Waals surface area contributed by atoms with Crippen LogP contribution >= 0.6 is 23.2 Å². The number of nitrogens with two attached hydrogens (primary N) is 1. The molecule has 1 fully saturated rings. The van der Waals surface area contributed by atoms with Gasteiger partial charge in [-0.1, -0.05) is 23.2 Å². The fraction of sp³-hybridized carbons (Fsp3) is 0.429. The molecule has 0 spiro atoms. The number of carbonyl (C=O) groups is 2. The lowest BCUT2D eigenvalue weighted by atomic mass is 9.98. The Bertz CT molecular complexity index is 595. The highest BCUT2D eigenvalue weighted by atomic mass is 35.5. The van der Waals surface area contributed by atoms with Crippen molar-refractivity contribution in [1.29, 1.82) is 0 Å². The fourth-order valence-electron chi connectivity index (χ4n) is 2.38. The van der Waals surface area contributed by atoms with E-state index in [0.29, 0.717) is 41.0 Å². The van der Waals surface area contributed by atoms with Gasteiger partial charge in [0.15, 0.2) is 0 Å². The lowest BCUT2D eigenvalue weighted by molar-refractivity contribution is -0.123. The Morgan fingerprint density at radius 2 is 2.05 bits per heavy atom. The van der Waals surface area contributed by atoms with Gasteiger partial charge in [-0.2, -0.15) is 0 Å². The van der Waals surface area contributed by atoms with E-state index in [1.807, 2.05) is 0 Å². The smallest absolute Gasteiger partial charge is 0.321 e. The summed E-state index contributed by atoms with van der Waals surface area (Å²) in [6, 6.07) is 2.72. The summed E-state index contributed by atoms with van der Waals surface area (Å²) in [6.45, 7) is 0.879. The van der Waals surface area contributed by atoms with E-state index >= 15 is 0 Å². The molecule has 0 bridgehead atoms. The zero-order valence-electron chi connectivity index (χ0n) is 12.1. The first-order valence-electron chi connectivity index (χ1n) is 6.80. The number of anilines is 1. The van der Waals surface area contributed by atoms with Gasteiger partial charge in [-0.05, 0) is 18.9 Å². The molecule has 3 N–H and O–H groups in total. The van der Waals surface area contributed by atoms with Crippen LogP contribution in [0.3, 0.4) is 0 Å². The molecule has 1 atom stereocenters. The molecule has 3 amide bonds. The Labute approximate surface area is 138 Å². The molecule has 1 unspecified atom stereocenters. The second kappa shape index (κ2) is 7.07. The minimum absolute atomic E-state index is 0.310. The molecular formula is C14H17Cl2N3O3. The molecule has 2 rings (SSSR count). The maximum atomic E-state index is 12.3. The molecule has 0 radical (unpaired) electrons. The molecule has 6 nitrogen and oxygen atoms in total. The highest BCUT2D eigenvalue weighted by molar-refractivity contribution is 6.42. The van der Waals surface area contributed by atoms with Crippen LogP contribution in [0, 0.1) is 5.92 Å². The van der Waals surface area contributed by atoms with Gasteiger partial charge in [0.25, 0.3) is 0 Å². The summed E-state index contributed by atoms with van der Waals surface area (Å²) in [5.41, 5.74) is 5.73. The average molecular weight is 346 g/mol. The van der Waals surface area contributed by atoms with Crippen molar-refractivity contribution in [2.45, 2.75) is 12.8 Å². The van der Waals surface area contributed by atoms with Crippen LogP contribution in [-0.4, -0.2) is 37.0 Å². The van der Waals surface area contributed by atoms with Crippen molar-refractivity contribution in [2.75, 3.05) is 25.5 Å². The molecule has 0 saturated carbocycles. The van der Waals surface area contributed by atoms with E-state index in [0.717, 1.165) is 6.42 Å². The summed E-state index contributed by atoms with van der Waals surface area (Å²) < 4.78 is 5.18. The van der Waals surface area contributed by atoms with Crippen LogP contribution in [0.2, 0.25) is 10.0 Å². The first kappa shape index (κ1) is 16.7. The number of halogens is 2. The van der Waals surface area contributed by atoms with Gasteiger partial charge in [-0.25, -0.2) is 4.79 Å². The Hall–Kier alpha value is -1.66. The zero-order valence-corrected chi connectivity index (χ0v) is 13.6. The van der Waals surface area contributed by atoms with Gasteiger partial charge in [0, 0.05) is 19.2 Å². The van der Waals surface area contributed by atoms with E-state index in [1.54, 1.807) is 4.90 Å². The Kier molecular flexibility index (Phi) is 5.37. The third-order valence-electron chi connectivity index (χ3n) is 3.59. The number of carbonyl (C=O) groups excluding carboxylic acids is 2. The van der Waals surface area contributed by atoms with Crippen molar-refractivity contribution in [1.82, 2.24) is 4.90 Å². The SMILES string of the molecule is COc1cc(Cl)c(Cl)cc1NC(=O)N1CCCC(C(N)=O)C1. The summed E-state index contributed by atoms with van der Waals surface area (Å²) in [7, 11) is 1.47. The van der Waals surface area contributed by atoms with E-state index in [4.69, 9.17) is 33.7 Å². The van der Waals surface area contributed by atoms with Crippen LogP contribution in [0.4, 0.5) is 10.5 Å². The number of nitrogens with zero attached hydrogens (tertiary/aromatic N) is 1. The van der Waals surface area contributed by atoms with Crippen molar-refractivity contribution in [3.05, 3.63) is 22.2 Å². The highest BCUT2D eigenvalue weighted by Crippen LogP contribution is 2.34. The van der Waals surface area contributed by atoms with Crippen molar-refractivity contribution >= 4 is 40.8 Å². The molecule has 22 heavy (non-hydrogen) atoms. The largest absolute Gasteiger partial charge is 0.495 e. The van der Waals surface area contributed by atoms with Gasteiger partial charge in [-0.3, -0.25) is 4.79 Å². The highest BCUT2D eigenvalue weighted by Gasteiger charge is 2.27. The molecule has 1 saturated heterocycles. The summed E-state index contributed by atoms with van der Waals surface area (Å²) in [6.07, 6.45) is 1.44. The molecule has 1 aliphatic heterocycles. The van der Waals surface area contributed by atoms with Crippen LogP contribution in [-0.2, 0) is 4.79 Å². The predicted molar refractivity (Wildman–Crippen MR) is 85.5 cm³/mol. The number of hydrogen-bond acceptors (Lipinski definition) is 3. The second-order valence-electron chi connectivity index (χ2n) is 5.08. The molecule has 0 aromatic heterocycles. The number of nitrogens with one attached hydrogen (secondary N) is 1. The molecule has 1 aromatic carbocycles. The van der Waals surface area contributed by atoms with Gasteiger partial charge in [0.2, 0.25) is 5.91 Å². The topological polar surface area (TPSA) is 84.7 Å². The van der Waals surface area contributed by atoms with Gasteiger partial charge < -0.3 is 20.7 Å². The van der Waals surface area contributed by atoms with Crippen LogP contribution in [0.1, 0.15) is 12.8 Å². The van der Waals surface area contributed by atoms with E-state index in [9.17, 15) is 9.59 Å².